The molecule has 1 aromatic carbocycles. The molecular weight excluding hydrogens is 268 g/mol. The van der Waals surface area contributed by atoms with Gasteiger partial charge in [-0.1, -0.05) is 18.2 Å². The van der Waals surface area contributed by atoms with Crippen molar-refractivity contribution < 1.29 is 14.7 Å². The Morgan fingerprint density at radius 3 is 2.86 bits per heavy atom. The van der Waals surface area contributed by atoms with Crippen LogP contribution in [0.2, 0.25) is 0 Å². The summed E-state index contributed by atoms with van der Waals surface area (Å²) in [7, 11) is 0. The number of fused-ring (bicyclic) bond motifs is 1. The van der Waals surface area contributed by atoms with Gasteiger partial charge in [0.2, 0.25) is 5.91 Å². The third-order valence-corrected chi connectivity index (χ3v) is 3.52. The first-order valence-corrected chi connectivity index (χ1v) is 7.04. The molecule has 0 aliphatic carbocycles. The van der Waals surface area contributed by atoms with Crippen molar-refractivity contribution in [2.75, 3.05) is 0 Å². The summed E-state index contributed by atoms with van der Waals surface area (Å²) in [5, 5.41) is 12.5. The Bertz CT molecular complexity index is 661. The predicted octanol–water partition coefficient (Wildman–Crippen LogP) is 2.39. The molecule has 1 aromatic heterocycles. The van der Waals surface area contributed by atoms with Gasteiger partial charge in [-0.05, 0) is 31.4 Å². The van der Waals surface area contributed by atoms with Crippen molar-refractivity contribution in [3.05, 3.63) is 35.5 Å². The van der Waals surface area contributed by atoms with Gasteiger partial charge in [0.05, 0.1) is 6.42 Å². The lowest BCUT2D eigenvalue weighted by atomic mass is 10.1. The number of aryl methyl sites for hydroxylation is 2. The molecule has 1 unspecified atom stereocenters. The Morgan fingerprint density at radius 2 is 2.14 bits per heavy atom. The molecule has 21 heavy (non-hydrogen) atoms. The summed E-state index contributed by atoms with van der Waals surface area (Å²) in [6.07, 6.45) is 2.86. The number of carboxylic acids is 1. The first-order valence-electron chi connectivity index (χ1n) is 7.04. The van der Waals surface area contributed by atoms with E-state index in [1.807, 2.05) is 31.3 Å². The molecule has 0 saturated carbocycles. The van der Waals surface area contributed by atoms with Crippen LogP contribution in [0.3, 0.4) is 0 Å². The van der Waals surface area contributed by atoms with Crippen LogP contribution in [0.4, 0.5) is 0 Å². The number of carbonyl (C=O) groups is 2. The molecule has 1 atom stereocenters. The molecule has 5 nitrogen and oxygen atoms in total. The highest BCUT2D eigenvalue weighted by atomic mass is 16.4. The fourth-order valence-electron chi connectivity index (χ4n) is 2.48. The number of hydrogen-bond donors (Lipinski definition) is 3. The Labute approximate surface area is 123 Å². The van der Waals surface area contributed by atoms with E-state index < -0.39 is 5.97 Å². The maximum atomic E-state index is 11.8. The smallest absolute Gasteiger partial charge is 0.305 e. The number of aromatic nitrogens is 1. The second-order valence-corrected chi connectivity index (χ2v) is 5.38. The van der Waals surface area contributed by atoms with Gasteiger partial charge in [-0.3, -0.25) is 9.59 Å². The summed E-state index contributed by atoms with van der Waals surface area (Å²) in [6, 6.07) is 5.74. The van der Waals surface area contributed by atoms with Gasteiger partial charge in [0, 0.05) is 29.6 Å². The summed E-state index contributed by atoms with van der Waals surface area (Å²) in [5.74, 6) is -1.03. The van der Waals surface area contributed by atoms with Gasteiger partial charge in [-0.15, -0.1) is 0 Å². The maximum Gasteiger partial charge on any atom is 0.305 e. The number of carbonyl (C=O) groups excluding carboxylic acids is 1. The Hall–Kier alpha value is -2.30. The second kappa shape index (κ2) is 6.43. The van der Waals surface area contributed by atoms with E-state index in [1.54, 1.807) is 6.92 Å². The number of nitrogens with one attached hydrogen (secondary N) is 2. The molecule has 1 amide bonds. The van der Waals surface area contributed by atoms with E-state index in [0.29, 0.717) is 12.8 Å². The molecule has 1 heterocycles. The van der Waals surface area contributed by atoms with Crippen molar-refractivity contribution in [1.82, 2.24) is 10.3 Å². The van der Waals surface area contributed by atoms with Crippen molar-refractivity contribution in [2.24, 2.45) is 0 Å². The van der Waals surface area contributed by atoms with Gasteiger partial charge >= 0.3 is 5.97 Å². The van der Waals surface area contributed by atoms with E-state index in [2.05, 4.69) is 10.3 Å². The van der Waals surface area contributed by atoms with Gasteiger partial charge in [-0.2, -0.15) is 0 Å². The summed E-state index contributed by atoms with van der Waals surface area (Å²) < 4.78 is 0. The zero-order valence-electron chi connectivity index (χ0n) is 12.3. The number of rotatable bonds is 6. The number of amides is 1. The van der Waals surface area contributed by atoms with Gasteiger partial charge in [0.25, 0.3) is 0 Å². The van der Waals surface area contributed by atoms with Crippen molar-refractivity contribution in [3.8, 4) is 0 Å². The highest BCUT2D eigenvalue weighted by Gasteiger charge is 2.12. The lowest BCUT2D eigenvalue weighted by Gasteiger charge is -2.11. The van der Waals surface area contributed by atoms with E-state index in [-0.39, 0.29) is 18.4 Å². The van der Waals surface area contributed by atoms with Crippen LogP contribution in [0.15, 0.2) is 24.4 Å². The number of benzene rings is 1. The third kappa shape index (κ3) is 3.84. The van der Waals surface area contributed by atoms with Crippen molar-refractivity contribution >= 4 is 22.8 Å². The molecule has 0 aliphatic rings. The van der Waals surface area contributed by atoms with Crippen LogP contribution >= 0.6 is 0 Å². The molecular formula is C16H20N2O3. The minimum absolute atomic E-state index is 0.0575. The van der Waals surface area contributed by atoms with E-state index in [9.17, 15) is 9.59 Å². The number of aliphatic carboxylic acids is 1. The SMILES string of the molecule is Cc1cccc2c(CCC(=O)NC(C)CC(=O)O)c[nH]c12. The van der Waals surface area contributed by atoms with E-state index >= 15 is 0 Å². The topological polar surface area (TPSA) is 82.2 Å². The Kier molecular flexibility index (Phi) is 4.62. The van der Waals surface area contributed by atoms with Gasteiger partial charge in [0.15, 0.2) is 0 Å². The number of para-hydroxylation sites is 1. The number of carboxylic acid groups (broad SMARTS) is 1. The van der Waals surface area contributed by atoms with Crippen LogP contribution < -0.4 is 5.32 Å². The average Bonchev–Trinajstić information content (AvgIpc) is 2.80. The Morgan fingerprint density at radius 1 is 1.38 bits per heavy atom. The second-order valence-electron chi connectivity index (χ2n) is 5.38. The van der Waals surface area contributed by atoms with E-state index in [4.69, 9.17) is 5.11 Å². The molecule has 5 heteroatoms. The van der Waals surface area contributed by atoms with E-state index in [1.165, 1.54) is 5.56 Å². The summed E-state index contributed by atoms with van der Waals surface area (Å²) in [5.41, 5.74) is 3.39. The van der Waals surface area contributed by atoms with Crippen LogP contribution in [-0.4, -0.2) is 28.0 Å². The van der Waals surface area contributed by atoms with Crippen LogP contribution in [0.25, 0.3) is 10.9 Å². The molecule has 0 spiro atoms. The largest absolute Gasteiger partial charge is 0.481 e. The Balaban J connectivity index is 1.94. The quantitative estimate of drug-likeness (QED) is 0.763. The van der Waals surface area contributed by atoms with Crippen molar-refractivity contribution in [3.63, 3.8) is 0 Å². The third-order valence-electron chi connectivity index (χ3n) is 3.52. The fraction of sp³-hybridized carbons (Fsp3) is 0.375. The molecule has 3 N–H and O–H groups in total. The molecule has 2 aromatic rings. The van der Waals surface area contributed by atoms with Gasteiger partial charge in [0.1, 0.15) is 0 Å². The molecule has 0 saturated heterocycles. The average molecular weight is 288 g/mol. The molecule has 0 radical (unpaired) electrons. The summed E-state index contributed by atoms with van der Waals surface area (Å²) in [4.78, 5) is 25.6. The minimum Gasteiger partial charge on any atom is -0.481 e. The summed E-state index contributed by atoms with van der Waals surface area (Å²) >= 11 is 0. The number of hydrogen-bond acceptors (Lipinski definition) is 2. The minimum atomic E-state index is -0.907. The first-order chi connectivity index (χ1) is 9.97. The number of aromatic amines is 1. The fourth-order valence-corrected chi connectivity index (χ4v) is 2.48. The molecule has 0 bridgehead atoms. The standard InChI is InChI=1S/C16H20N2O3/c1-10-4-3-5-13-12(9-17-16(10)13)6-7-14(19)18-11(2)8-15(20)21/h3-5,9,11,17H,6-8H2,1-2H3,(H,18,19)(H,20,21). The molecule has 2 rings (SSSR count). The van der Waals surface area contributed by atoms with Crippen LogP contribution in [0.5, 0.6) is 0 Å². The maximum absolute atomic E-state index is 11.8. The highest BCUT2D eigenvalue weighted by Crippen LogP contribution is 2.22. The van der Waals surface area contributed by atoms with Crippen LogP contribution in [0.1, 0.15) is 30.9 Å². The van der Waals surface area contributed by atoms with Crippen molar-refractivity contribution in [1.29, 1.82) is 0 Å². The van der Waals surface area contributed by atoms with Crippen LogP contribution in [-0.2, 0) is 16.0 Å². The van der Waals surface area contributed by atoms with E-state index in [0.717, 1.165) is 16.5 Å². The normalized spacial score (nSPS) is 12.3. The molecule has 0 aliphatic heterocycles. The molecule has 112 valence electrons. The predicted molar refractivity (Wildman–Crippen MR) is 81.2 cm³/mol. The van der Waals surface area contributed by atoms with Gasteiger partial charge in [-0.25, -0.2) is 0 Å². The zero-order valence-corrected chi connectivity index (χ0v) is 12.3. The zero-order chi connectivity index (χ0) is 15.4. The van der Waals surface area contributed by atoms with Gasteiger partial charge < -0.3 is 15.4 Å². The summed E-state index contributed by atoms with van der Waals surface area (Å²) in [6.45, 7) is 3.74. The molecule has 0 fully saturated rings. The number of H-pyrrole nitrogens is 1. The van der Waals surface area contributed by atoms with Crippen molar-refractivity contribution in [2.45, 2.75) is 39.2 Å². The lowest BCUT2D eigenvalue weighted by molar-refractivity contribution is -0.137. The first kappa shape index (κ1) is 15.1. The monoisotopic (exact) mass is 288 g/mol. The lowest BCUT2D eigenvalue weighted by Crippen LogP contribution is -2.34. The highest BCUT2D eigenvalue weighted by molar-refractivity contribution is 5.86. The van der Waals surface area contributed by atoms with Crippen LogP contribution in [0, 0.1) is 6.92 Å².